The maximum absolute atomic E-state index is 5.86. The van der Waals surface area contributed by atoms with Gasteiger partial charge < -0.3 is 5.73 Å². The van der Waals surface area contributed by atoms with E-state index in [0.717, 1.165) is 17.8 Å². The van der Waals surface area contributed by atoms with E-state index in [4.69, 9.17) is 5.73 Å². The fourth-order valence-corrected chi connectivity index (χ4v) is 2.90. The van der Waals surface area contributed by atoms with E-state index in [0.29, 0.717) is 0 Å². The monoisotopic (exact) mass is 205 g/mol. The van der Waals surface area contributed by atoms with E-state index in [9.17, 15) is 0 Å². The zero-order valence-corrected chi connectivity index (χ0v) is 9.45. The zero-order valence-electron chi connectivity index (χ0n) is 8.63. The molecule has 0 aliphatic heterocycles. The SMILES string of the molecule is CCc1ccc(CC)c2sc(N)cc12. The van der Waals surface area contributed by atoms with Crippen molar-refractivity contribution in [3.8, 4) is 0 Å². The summed E-state index contributed by atoms with van der Waals surface area (Å²) in [5, 5.41) is 2.28. The molecule has 2 aromatic rings. The van der Waals surface area contributed by atoms with Crippen LogP contribution in [-0.4, -0.2) is 0 Å². The van der Waals surface area contributed by atoms with Crippen LogP contribution in [0.4, 0.5) is 5.00 Å². The number of hydrogen-bond donors (Lipinski definition) is 1. The maximum atomic E-state index is 5.86. The minimum Gasteiger partial charge on any atom is -0.391 e. The van der Waals surface area contributed by atoms with Crippen LogP contribution in [0.2, 0.25) is 0 Å². The van der Waals surface area contributed by atoms with Crippen molar-refractivity contribution in [2.45, 2.75) is 26.7 Å². The van der Waals surface area contributed by atoms with Crippen molar-refractivity contribution in [2.75, 3.05) is 5.73 Å². The molecule has 0 radical (unpaired) electrons. The van der Waals surface area contributed by atoms with Gasteiger partial charge in [0.15, 0.2) is 0 Å². The summed E-state index contributed by atoms with van der Waals surface area (Å²) in [5.41, 5.74) is 8.68. The number of benzene rings is 1. The lowest BCUT2D eigenvalue weighted by Gasteiger charge is -2.03. The first-order chi connectivity index (χ1) is 6.76. The van der Waals surface area contributed by atoms with Crippen molar-refractivity contribution in [2.24, 2.45) is 0 Å². The number of nitrogen functional groups attached to an aromatic ring is 1. The number of hydrogen-bond acceptors (Lipinski definition) is 2. The van der Waals surface area contributed by atoms with Gasteiger partial charge in [-0.05, 0) is 35.4 Å². The van der Waals surface area contributed by atoms with Gasteiger partial charge in [-0.25, -0.2) is 0 Å². The number of nitrogens with two attached hydrogens (primary N) is 1. The van der Waals surface area contributed by atoms with Crippen molar-refractivity contribution < 1.29 is 0 Å². The van der Waals surface area contributed by atoms with Gasteiger partial charge in [-0.1, -0.05) is 26.0 Å². The second kappa shape index (κ2) is 3.62. The molecule has 0 saturated carbocycles. The molecule has 1 heterocycles. The summed E-state index contributed by atoms with van der Waals surface area (Å²) in [6.07, 6.45) is 2.16. The van der Waals surface area contributed by atoms with E-state index in [1.807, 2.05) is 0 Å². The first-order valence-corrected chi connectivity index (χ1v) is 5.87. The number of rotatable bonds is 2. The third kappa shape index (κ3) is 1.40. The molecule has 2 N–H and O–H groups in total. The smallest absolute Gasteiger partial charge is 0.0869 e. The standard InChI is InChI=1S/C12H15NS/c1-3-8-5-6-9(4-2)12-10(8)7-11(13)14-12/h5-7H,3-4,13H2,1-2H3. The topological polar surface area (TPSA) is 26.0 Å². The normalized spacial score (nSPS) is 11.0. The van der Waals surface area contributed by atoms with Crippen molar-refractivity contribution in [1.82, 2.24) is 0 Å². The first-order valence-electron chi connectivity index (χ1n) is 5.06. The Bertz CT molecular complexity index is 416. The molecule has 74 valence electrons. The Hall–Kier alpha value is -1.02. The van der Waals surface area contributed by atoms with Crippen molar-refractivity contribution >= 4 is 26.4 Å². The van der Waals surface area contributed by atoms with Gasteiger partial charge in [0, 0.05) is 4.70 Å². The average Bonchev–Trinajstić information content (AvgIpc) is 2.57. The van der Waals surface area contributed by atoms with Crippen molar-refractivity contribution in [3.05, 3.63) is 29.3 Å². The molecular weight excluding hydrogens is 190 g/mol. The fourth-order valence-electron chi connectivity index (χ4n) is 1.84. The molecule has 0 spiro atoms. The van der Waals surface area contributed by atoms with Crippen LogP contribution in [-0.2, 0) is 12.8 Å². The molecule has 0 amide bonds. The molecule has 0 atom stereocenters. The molecular formula is C12H15NS. The molecule has 0 unspecified atom stereocenters. The predicted molar refractivity (Wildman–Crippen MR) is 65.0 cm³/mol. The van der Waals surface area contributed by atoms with Crippen LogP contribution in [0.1, 0.15) is 25.0 Å². The van der Waals surface area contributed by atoms with Crippen LogP contribution < -0.4 is 5.73 Å². The van der Waals surface area contributed by atoms with E-state index in [1.54, 1.807) is 11.3 Å². The largest absolute Gasteiger partial charge is 0.391 e. The molecule has 1 aromatic heterocycles. The molecule has 0 bridgehead atoms. The molecule has 0 fully saturated rings. The Morgan fingerprint density at radius 1 is 1.14 bits per heavy atom. The third-order valence-corrected chi connectivity index (χ3v) is 3.68. The van der Waals surface area contributed by atoms with Gasteiger partial charge in [-0.15, -0.1) is 11.3 Å². The van der Waals surface area contributed by atoms with Gasteiger partial charge in [0.1, 0.15) is 0 Å². The van der Waals surface area contributed by atoms with Crippen LogP contribution in [0, 0.1) is 0 Å². The summed E-state index contributed by atoms with van der Waals surface area (Å²) in [5.74, 6) is 0. The van der Waals surface area contributed by atoms with Crippen molar-refractivity contribution in [3.63, 3.8) is 0 Å². The zero-order chi connectivity index (χ0) is 10.1. The van der Waals surface area contributed by atoms with Gasteiger partial charge in [0.25, 0.3) is 0 Å². The minimum atomic E-state index is 0.926. The Morgan fingerprint density at radius 3 is 2.43 bits per heavy atom. The Kier molecular flexibility index (Phi) is 2.46. The molecule has 2 heteroatoms. The van der Waals surface area contributed by atoms with E-state index in [2.05, 4.69) is 32.0 Å². The molecule has 0 saturated heterocycles. The molecule has 0 aliphatic rings. The fraction of sp³-hybridized carbons (Fsp3) is 0.333. The lowest BCUT2D eigenvalue weighted by Crippen LogP contribution is -1.85. The Balaban J connectivity index is 2.77. The van der Waals surface area contributed by atoms with Crippen LogP contribution in [0.5, 0.6) is 0 Å². The van der Waals surface area contributed by atoms with E-state index in [-0.39, 0.29) is 0 Å². The first kappa shape index (κ1) is 9.53. The Labute approximate surface area is 88.6 Å². The van der Waals surface area contributed by atoms with Crippen molar-refractivity contribution in [1.29, 1.82) is 0 Å². The summed E-state index contributed by atoms with van der Waals surface area (Å²) in [6.45, 7) is 4.38. The summed E-state index contributed by atoms with van der Waals surface area (Å²) in [7, 11) is 0. The molecule has 14 heavy (non-hydrogen) atoms. The third-order valence-electron chi connectivity index (χ3n) is 2.64. The van der Waals surface area contributed by atoms with Gasteiger partial charge in [-0.3, -0.25) is 0 Å². The van der Waals surface area contributed by atoms with Gasteiger partial charge in [-0.2, -0.15) is 0 Å². The Morgan fingerprint density at radius 2 is 1.79 bits per heavy atom. The number of fused-ring (bicyclic) bond motifs is 1. The van der Waals surface area contributed by atoms with Crippen LogP contribution in [0.3, 0.4) is 0 Å². The van der Waals surface area contributed by atoms with Crippen LogP contribution in [0.15, 0.2) is 18.2 Å². The van der Waals surface area contributed by atoms with E-state index >= 15 is 0 Å². The summed E-state index contributed by atoms with van der Waals surface area (Å²) in [6, 6.07) is 6.57. The van der Waals surface area contributed by atoms with Gasteiger partial charge in [0.2, 0.25) is 0 Å². The quantitative estimate of drug-likeness (QED) is 0.796. The minimum absolute atomic E-state index is 0.926. The summed E-state index contributed by atoms with van der Waals surface area (Å²) < 4.78 is 1.38. The van der Waals surface area contributed by atoms with Gasteiger partial charge >= 0.3 is 0 Å². The average molecular weight is 205 g/mol. The lowest BCUT2D eigenvalue weighted by molar-refractivity contribution is 1.13. The molecule has 2 rings (SSSR count). The van der Waals surface area contributed by atoms with Crippen LogP contribution in [0.25, 0.3) is 10.1 Å². The highest BCUT2D eigenvalue weighted by molar-refractivity contribution is 7.22. The molecule has 1 nitrogen and oxygen atoms in total. The highest BCUT2D eigenvalue weighted by Crippen LogP contribution is 2.33. The van der Waals surface area contributed by atoms with Gasteiger partial charge in [0.05, 0.1) is 5.00 Å². The second-order valence-corrected chi connectivity index (χ2v) is 4.57. The van der Waals surface area contributed by atoms with E-state index in [1.165, 1.54) is 21.2 Å². The second-order valence-electron chi connectivity index (χ2n) is 3.48. The maximum Gasteiger partial charge on any atom is 0.0869 e. The number of thiophene rings is 1. The summed E-state index contributed by atoms with van der Waals surface area (Å²) >= 11 is 1.71. The summed E-state index contributed by atoms with van der Waals surface area (Å²) in [4.78, 5) is 0. The highest BCUT2D eigenvalue weighted by atomic mass is 32.1. The number of anilines is 1. The predicted octanol–water partition coefficient (Wildman–Crippen LogP) is 3.61. The molecule has 0 aliphatic carbocycles. The highest BCUT2D eigenvalue weighted by Gasteiger charge is 2.07. The van der Waals surface area contributed by atoms with E-state index < -0.39 is 0 Å². The number of aryl methyl sites for hydroxylation is 2. The van der Waals surface area contributed by atoms with Crippen LogP contribution >= 0.6 is 11.3 Å². The lowest BCUT2D eigenvalue weighted by atomic mass is 10.0. The molecule has 1 aromatic carbocycles.